The summed E-state index contributed by atoms with van der Waals surface area (Å²) in [6, 6.07) is 12.2. The molecule has 0 saturated carbocycles. The fourth-order valence-corrected chi connectivity index (χ4v) is 3.26. The van der Waals surface area contributed by atoms with Crippen LogP contribution >= 0.6 is 11.3 Å². The van der Waals surface area contributed by atoms with E-state index >= 15 is 0 Å². The van der Waals surface area contributed by atoms with Crippen molar-refractivity contribution in [2.75, 3.05) is 10.6 Å². The number of aromatic nitrogens is 1. The zero-order valence-corrected chi connectivity index (χ0v) is 15.6. The second-order valence-corrected chi connectivity index (χ2v) is 7.11. The Morgan fingerprint density at radius 2 is 1.64 bits per heavy atom. The van der Waals surface area contributed by atoms with Gasteiger partial charge in [0.05, 0.1) is 0 Å². The third-order valence-corrected chi connectivity index (χ3v) is 4.76. The molecule has 2 N–H and O–H groups in total. The van der Waals surface area contributed by atoms with Gasteiger partial charge in [-0.2, -0.15) is 0 Å². The van der Waals surface area contributed by atoms with Gasteiger partial charge in [-0.05, 0) is 56.5 Å². The predicted molar refractivity (Wildman–Crippen MR) is 105 cm³/mol. The smallest absolute Gasteiger partial charge is 0.275 e. The molecule has 0 aliphatic rings. The van der Waals surface area contributed by atoms with Crippen LogP contribution in [0.4, 0.5) is 16.5 Å². The molecule has 2 aromatic carbocycles. The van der Waals surface area contributed by atoms with Crippen molar-refractivity contribution in [2.45, 2.75) is 27.7 Å². The predicted octanol–water partition coefficient (Wildman–Crippen LogP) is 5.37. The molecule has 4 nitrogen and oxygen atoms in total. The molecule has 0 fully saturated rings. The average Bonchev–Trinajstić information content (AvgIpc) is 3.02. The van der Waals surface area contributed by atoms with E-state index in [0.717, 1.165) is 28.1 Å². The lowest BCUT2D eigenvalue weighted by Crippen LogP contribution is -2.13. The van der Waals surface area contributed by atoms with Crippen LogP contribution in [0.5, 0.6) is 0 Å². The number of carbonyl (C=O) groups excluding carboxylic acids is 1. The van der Waals surface area contributed by atoms with E-state index < -0.39 is 0 Å². The Labute approximate surface area is 151 Å². The molecule has 0 saturated heterocycles. The van der Waals surface area contributed by atoms with E-state index in [2.05, 4.69) is 41.6 Å². The van der Waals surface area contributed by atoms with Gasteiger partial charge in [0.15, 0.2) is 5.13 Å². The van der Waals surface area contributed by atoms with Crippen LogP contribution in [0, 0.1) is 27.7 Å². The summed E-state index contributed by atoms with van der Waals surface area (Å²) < 4.78 is 0. The molecule has 25 heavy (non-hydrogen) atoms. The van der Waals surface area contributed by atoms with Crippen molar-refractivity contribution in [3.8, 4) is 0 Å². The summed E-state index contributed by atoms with van der Waals surface area (Å²) in [5, 5.41) is 8.70. The second kappa shape index (κ2) is 7.07. The number of rotatable bonds is 4. The van der Waals surface area contributed by atoms with Crippen molar-refractivity contribution in [1.82, 2.24) is 4.98 Å². The fourth-order valence-electron chi connectivity index (χ4n) is 2.56. The third-order valence-electron chi connectivity index (χ3n) is 4.00. The molecule has 0 aliphatic carbocycles. The number of benzene rings is 2. The number of anilines is 3. The number of nitrogens with one attached hydrogen (secondary N) is 2. The van der Waals surface area contributed by atoms with Crippen molar-refractivity contribution in [1.29, 1.82) is 0 Å². The Morgan fingerprint density at radius 3 is 2.40 bits per heavy atom. The van der Waals surface area contributed by atoms with Crippen LogP contribution in [-0.4, -0.2) is 10.9 Å². The summed E-state index contributed by atoms with van der Waals surface area (Å²) in [6.45, 7) is 8.10. The first-order chi connectivity index (χ1) is 11.9. The molecular weight excluding hydrogens is 330 g/mol. The Morgan fingerprint density at radius 1 is 0.920 bits per heavy atom. The summed E-state index contributed by atoms with van der Waals surface area (Å²) in [5.74, 6) is -0.196. The van der Waals surface area contributed by atoms with E-state index in [9.17, 15) is 4.79 Å². The fraction of sp³-hybridized carbons (Fsp3) is 0.200. The van der Waals surface area contributed by atoms with Crippen molar-refractivity contribution in [3.05, 3.63) is 69.7 Å². The third kappa shape index (κ3) is 4.06. The monoisotopic (exact) mass is 351 g/mol. The number of hydrogen-bond acceptors (Lipinski definition) is 4. The van der Waals surface area contributed by atoms with E-state index in [1.54, 1.807) is 5.38 Å². The van der Waals surface area contributed by atoms with E-state index in [-0.39, 0.29) is 5.91 Å². The quantitative estimate of drug-likeness (QED) is 0.664. The molecule has 0 radical (unpaired) electrons. The van der Waals surface area contributed by atoms with Crippen LogP contribution < -0.4 is 10.6 Å². The van der Waals surface area contributed by atoms with Gasteiger partial charge >= 0.3 is 0 Å². The highest BCUT2D eigenvalue weighted by Crippen LogP contribution is 2.25. The molecule has 0 bridgehead atoms. The summed E-state index contributed by atoms with van der Waals surface area (Å²) in [5.41, 5.74) is 6.74. The topological polar surface area (TPSA) is 54.0 Å². The number of aryl methyl sites for hydroxylation is 4. The first-order valence-electron chi connectivity index (χ1n) is 8.11. The first kappa shape index (κ1) is 17.2. The van der Waals surface area contributed by atoms with Gasteiger partial charge in [-0.3, -0.25) is 4.79 Å². The molecule has 0 unspecified atom stereocenters. The molecule has 0 atom stereocenters. The SMILES string of the molecule is Cc1ccc(Nc2nc(C(=O)Nc3cc(C)ccc3C)cs2)c(C)c1. The molecule has 5 heteroatoms. The molecule has 1 amide bonds. The second-order valence-electron chi connectivity index (χ2n) is 6.25. The minimum absolute atomic E-state index is 0.196. The van der Waals surface area contributed by atoms with Gasteiger partial charge in [0.2, 0.25) is 0 Å². The van der Waals surface area contributed by atoms with Gasteiger partial charge in [0.25, 0.3) is 5.91 Å². The van der Waals surface area contributed by atoms with Gasteiger partial charge in [-0.1, -0.05) is 29.8 Å². The normalized spacial score (nSPS) is 10.6. The van der Waals surface area contributed by atoms with Crippen LogP contribution in [-0.2, 0) is 0 Å². The zero-order valence-electron chi connectivity index (χ0n) is 14.8. The van der Waals surface area contributed by atoms with Crippen molar-refractivity contribution in [2.24, 2.45) is 0 Å². The summed E-state index contributed by atoms with van der Waals surface area (Å²) in [4.78, 5) is 16.9. The molecule has 1 aromatic heterocycles. The van der Waals surface area contributed by atoms with E-state index in [1.807, 2.05) is 38.1 Å². The summed E-state index contributed by atoms with van der Waals surface area (Å²) in [6.07, 6.45) is 0. The lowest BCUT2D eigenvalue weighted by molar-refractivity contribution is 0.102. The maximum absolute atomic E-state index is 12.5. The number of amides is 1. The maximum Gasteiger partial charge on any atom is 0.275 e. The summed E-state index contributed by atoms with van der Waals surface area (Å²) >= 11 is 1.42. The summed E-state index contributed by atoms with van der Waals surface area (Å²) in [7, 11) is 0. The first-order valence-corrected chi connectivity index (χ1v) is 8.99. The highest BCUT2D eigenvalue weighted by molar-refractivity contribution is 7.14. The van der Waals surface area contributed by atoms with Gasteiger partial charge in [-0.25, -0.2) is 4.98 Å². The number of hydrogen-bond donors (Lipinski definition) is 2. The van der Waals surface area contributed by atoms with Crippen LogP contribution in [0.3, 0.4) is 0 Å². The van der Waals surface area contributed by atoms with Crippen LogP contribution in [0.2, 0.25) is 0 Å². The van der Waals surface area contributed by atoms with Crippen LogP contribution in [0.15, 0.2) is 41.8 Å². The molecule has 128 valence electrons. The zero-order chi connectivity index (χ0) is 18.0. The molecule has 3 rings (SSSR count). The van der Waals surface area contributed by atoms with E-state index in [4.69, 9.17) is 0 Å². The van der Waals surface area contributed by atoms with E-state index in [0.29, 0.717) is 10.8 Å². The van der Waals surface area contributed by atoms with Gasteiger partial charge in [0.1, 0.15) is 5.69 Å². The Bertz CT molecular complexity index is 930. The molecule has 1 heterocycles. The number of thiazole rings is 1. The standard InChI is InChI=1S/C20H21N3OS/c1-12-6-8-16(15(4)9-12)22-20-23-18(11-25-20)19(24)21-17-10-13(2)5-7-14(17)3/h5-11H,1-4H3,(H,21,24)(H,22,23). The van der Waals surface area contributed by atoms with Gasteiger partial charge in [0, 0.05) is 16.8 Å². The lowest BCUT2D eigenvalue weighted by Gasteiger charge is -2.08. The van der Waals surface area contributed by atoms with Crippen molar-refractivity contribution in [3.63, 3.8) is 0 Å². The van der Waals surface area contributed by atoms with Gasteiger partial charge < -0.3 is 10.6 Å². The van der Waals surface area contributed by atoms with Crippen molar-refractivity contribution < 1.29 is 4.79 Å². The van der Waals surface area contributed by atoms with Crippen molar-refractivity contribution >= 4 is 33.8 Å². The largest absolute Gasteiger partial charge is 0.331 e. The lowest BCUT2D eigenvalue weighted by atomic mass is 10.1. The Hall–Kier alpha value is -2.66. The average molecular weight is 351 g/mol. The van der Waals surface area contributed by atoms with Crippen LogP contribution in [0.1, 0.15) is 32.7 Å². The highest BCUT2D eigenvalue weighted by Gasteiger charge is 2.13. The molecule has 3 aromatic rings. The molecular formula is C20H21N3OS. The minimum Gasteiger partial charge on any atom is -0.331 e. The maximum atomic E-state index is 12.5. The van der Waals surface area contributed by atoms with Crippen LogP contribution in [0.25, 0.3) is 0 Å². The highest BCUT2D eigenvalue weighted by atomic mass is 32.1. The Kier molecular flexibility index (Phi) is 4.86. The number of carbonyl (C=O) groups is 1. The molecule has 0 spiro atoms. The number of nitrogens with zero attached hydrogens (tertiary/aromatic N) is 1. The minimum atomic E-state index is -0.196. The van der Waals surface area contributed by atoms with Gasteiger partial charge in [-0.15, -0.1) is 11.3 Å². The molecule has 0 aliphatic heterocycles. The van der Waals surface area contributed by atoms with E-state index in [1.165, 1.54) is 16.9 Å². The Balaban J connectivity index is 1.74.